The predicted octanol–water partition coefficient (Wildman–Crippen LogP) is 1.82. The van der Waals surface area contributed by atoms with Gasteiger partial charge in [0.2, 0.25) is 0 Å². The number of aryl methyl sites for hydroxylation is 1. The van der Waals surface area contributed by atoms with Crippen LogP contribution in [0.5, 0.6) is 0 Å². The zero-order chi connectivity index (χ0) is 13.9. The summed E-state index contributed by atoms with van der Waals surface area (Å²) in [5.41, 5.74) is 1.40. The Morgan fingerprint density at radius 2 is 2.16 bits per heavy atom. The van der Waals surface area contributed by atoms with Crippen LogP contribution in [0.15, 0.2) is 31.1 Å². The molecular weight excluding hydrogens is 238 g/mol. The monoisotopic (exact) mass is 261 g/mol. The van der Waals surface area contributed by atoms with Gasteiger partial charge in [0.05, 0.1) is 12.5 Å². The number of aromatic nitrogens is 4. The highest BCUT2D eigenvalue weighted by atomic mass is 15.2. The summed E-state index contributed by atoms with van der Waals surface area (Å²) in [4.78, 5) is 4.10. The average Bonchev–Trinajstić information content (AvgIpc) is 2.94. The molecule has 1 atom stereocenters. The summed E-state index contributed by atoms with van der Waals surface area (Å²) in [5.74, 6) is 0. The third-order valence-corrected chi connectivity index (χ3v) is 3.31. The molecule has 0 fully saturated rings. The van der Waals surface area contributed by atoms with Crippen molar-refractivity contribution in [3.05, 3.63) is 36.7 Å². The van der Waals surface area contributed by atoms with E-state index >= 15 is 0 Å². The molecular formula is C14H23N5. The van der Waals surface area contributed by atoms with Crippen molar-refractivity contribution in [2.24, 2.45) is 12.5 Å². The fraction of sp³-hybridized carbons (Fsp3) is 0.571. The molecule has 0 saturated heterocycles. The van der Waals surface area contributed by atoms with E-state index in [4.69, 9.17) is 0 Å². The van der Waals surface area contributed by atoms with Gasteiger partial charge in [0.15, 0.2) is 0 Å². The zero-order valence-corrected chi connectivity index (χ0v) is 12.2. The van der Waals surface area contributed by atoms with Gasteiger partial charge in [-0.2, -0.15) is 5.10 Å². The molecule has 0 aliphatic rings. The summed E-state index contributed by atoms with van der Waals surface area (Å²) >= 11 is 0. The topological polar surface area (TPSA) is 47.7 Å². The number of rotatable bonds is 5. The van der Waals surface area contributed by atoms with E-state index in [1.807, 2.05) is 42.8 Å². The lowest BCUT2D eigenvalue weighted by atomic mass is 9.86. The second-order valence-electron chi connectivity index (χ2n) is 6.08. The summed E-state index contributed by atoms with van der Waals surface area (Å²) in [6, 6.07) is 0.377. The average molecular weight is 261 g/mol. The van der Waals surface area contributed by atoms with Crippen molar-refractivity contribution in [1.82, 2.24) is 24.6 Å². The van der Waals surface area contributed by atoms with Crippen molar-refractivity contribution in [3.8, 4) is 0 Å². The molecule has 0 spiro atoms. The molecule has 0 saturated carbocycles. The smallest absolute Gasteiger partial charge is 0.0946 e. The number of nitrogens with one attached hydrogen (secondary N) is 1. The van der Waals surface area contributed by atoms with E-state index in [-0.39, 0.29) is 5.41 Å². The number of hydrogen-bond donors (Lipinski definition) is 1. The molecule has 0 aromatic carbocycles. The van der Waals surface area contributed by atoms with E-state index in [1.54, 1.807) is 0 Å². The Bertz CT molecular complexity index is 492. The quantitative estimate of drug-likeness (QED) is 0.893. The molecule has 2 rings (SSSR count). The van der Waals surface area contributed by atoms with Gasteiger partial charge in [-0.3, -0.25) is 4.68 Å². The molecule has 0 radical (unpaired) electrons. The lowest BCUT2D eigenvalue weighted by molar-refractivity contribution is 0.240. The van der Waals surface area contributed by atoms with E-state index < -0.39 is 0 Å². The van der Waals surface area contributed by atoms with Gasteiger partial charge in [0, 0.05) is 50.3 Å². The normalized spacial score (nSPS) is 13.7. The van der Waals surface area contributed by atoms with Crippen LogP contribution in [0.2, 0.25) is 0 Å². The molecule has 5 nitrogen and oxygen atoms in total. The SMILES string of the molecule is Cn1cc(CNC(Cn2ccnc2)C(C)(C)C)cn1. The third-order valence-electron chi connectivity index (χ3n) is 3.31. The van der Waals surface area contributed by atoms with Crippen LogP contribution in [-0.4, -0.2) is 25.4 Å². The van der Waals surface area contributed by atoms with Crippen molar-refractivity contribution >= 4 is 0 Å². The Morgan fingerprint density at radius 1 is 1.37 bits per heavy atom. The van der Waals surface area contributed by atoms with Gasteiger partial charge in [-0.05, 0) is 5.41 Å². The molecule has 0 aliphatic heterocycles. The number of hydrogen-bond acceptors (Lipinski definition) is 3. The van der Waals surface area contributed by atoms with E-state index in [0.29, 0.717) is 6.04 Å². The number of imidazole rings is 1. The predicted molar refractivity (Wildman–Crippen MR) is 75.5 cm³/mol. The van der Waals surface area contributed by atoms with Crippen LogP contribution in [0.1, 0.15) is 26.3 Å². The summed E-state index contributed by atoms with van der Waals surface area (Å²) in [7, 11) is 1.94. The van der Waals surface area contributed by atoms with Gasteiger partial charge in [-0.25, -0.2) is 4.98 Å². The minimum absolute atomic E-state index is 0.187. The first-order valence-corrected chi connectivity index (χ1v) is 6.62. The fourth-order valence-electron chi connectivity index (χ4n) is 2.05. The first kappa shape index (κ1) is 13.8. The summed E-state index contributed by atoms with van der Waals surface area (Å²) in [5, 5.41) is 7.82. The van der Waals surface area contributed by atoms with Gasteiger partial charge in [-0.15, -0.1) is 0 Å². The van der Waals surface area contributed by atoms with Crippen LogP contribution in [0.25, 0.3) is 0 Å². The maximum absolute atomic E-state index is 4.19. The first-order valence-electron chi connectivity index (χ1n) is 6.62. The van der Waals surface area contributed by atoms with E-state index in [0.717, 1.165) is 13.1 Å². The van der Waals surface area contributed by atoms with E-state index in [1.165, 1.54) is 5.56 Å². The van der Waals surface area contributed by atoms with E-state index in [9.17, 15) is 0 Å². The molecule has 2 heterocycles. The molecule has 19 heavy (non-hydrogen) atoms. The van der Waals surface area contributed by atoms with Crippen LogP contribution in [0, 0.1) is 5.41 Å². The van der Waals surface area contributed by atoms with Gasteiger partial charge >= 0.3 is 0 Å². The highest BCUT2D eigenvalue weighted by Gasteiger charge is 2.24. The molecule has 1 N–H and O–H groups in total. The maximum Gasteiger partial charge on any atom is 0.0946 e. The fourth-order valence-corrected chi connectivity index (χ4v) is 2.05. The molecule has 5 heteroatoms. The van der Waals surface area contributed by atoms with Crippen LogP contribution in [0.3, 0.4) is 0 Å². The Hall–Kier alpha value is -1.62. The first-order chi connectivity index (χ1) is 8.95. The highest BCUT2D eigenvalue weighted by molar-refractivity contribution is 5.03. The Morgan fingerprint density at radius 3 is 2.68 bits per heavy atom. The second kappa shape index (κ2) is 5.57. The van der Waals surface area contributed by atoms with Crippen molar-refractivity contribution in [3.63, 3.8) is 0 Å². The summed E-state index contributed by atoms with van der Waals surface area (Å²) in [6.07, 6.45) is 9.64. The van der Waals surface area contributed by atoms with Gasteiger partial charge in [0.1, 0.15) is 0 Å². The molecule has 0 aliphatic carbocycles. The number of nitrogens with zero attached hydrogens (tertiary/aromatic N) is 4. The minimum atomic E-state index is 0.187. The van der Waals surface area contributed by atoms with Crippen molar-refractivity contribution < 1.29 is 0 Å². The molecule has 104 valence electrons. The molecule has 2 aromatic rings. The van der Waals surface area contributed by atoms with Crippen LogP contribution in [0.4, 0.5) is 0 Å². The summed E-state index contributed by atoms with van der Waals surface area (Å²) < 4.78 is 3.95. The van der Waals surface area contributed by atoms with Crippen molar-refractivity contribution in [2.45, 2.75) is 39.9 Å². The van der Waals surface area contributed by atoms with Crippen LogP contribution < -0.4 is 5.32 Å². The maximum atomic E-state index is 4.19. The van der Waals surface area contributed by atoms with Gasteiger partial charge in [-0.1, -0.05) is 20.8 Å². The van der Waals surface area contributed by atoms with Gasteiger partial charge < -0.3 is 9.88 Å². The molecule has 1 unspecified atom stereocenters. The highest BCUT2D eigenvalue weighted by Crippen LogP contribution is 2.21. The molecule has 0 bridgehead atoms. The lowest BCUT2D eigenvalue weighted by Crippen LogP contribution is -2.42. The van der Waals surface area contributed by atoms with Crippen LogP contribution in [-0.2, 0) is 20.1 Å². The zero-order valence-electron chi connectivity index (χ0n) is 12.2. The Kier molecular flexibility index (Phi) is 4.04. The van der Waals surface area contributed by atoms with Crippen LogP contribution >= 0.6 is 0 Å². The summed E-state index contributed by atoms with van der Waals surface area (Å²) in [6.45, 7) is 8.52. The lowest BCUT2D eigenvalue weighted by Gasteiger charge is -2.32. The largest absolute Gasteiger partial charge is 0.336 e. The third kappa shape index (κ3) is 3.92. The Labute approximate surface area is 114 Å². The standard InChI is InChI=1S/C14H23N5/c1-14(2,3)13(10-19-6-5-15-11-19)16-7-12-8-17-18(4)9-12/h5-6,8-9,11,13,16H,7,10H2,1-4H3. The minimum Gasteiger partial charge on any atom is -0.336 e. The second-order valence-corrected chi connectivity index (χ2v) is 6.08. The van der Waals surface area contributed by atoms with Crippen molar-refractivity contribution in [1.29, 1.82) is 0 Å². The van der Waals surface area contributed by atoms with Crippen molar-refractivity contribution in [2.75, 3.05) is 0 Å². The molecule has 0 amide bonds. The van der Waals surface area contributed by atoms with E-state index in [2.05, 4.69) is 40.7 Å². The van der Waals surface area contributed by atoms with Gasteiger partial charge in [0.25, 0.3) is 0 Å². The molecule has 2 aromatic heterocycles. The Balaban J connectivity index is 1.98.